The molecule has 1 N–H and O–H groups in total. The molecule has 1 aliphatic heterocycles. The number of thiocarbonyl (C=S) groups is 1. The summed E-state index contributed by atoms with van der Waals surface area (Å²) in [7, 11) is 1.70. The van der Waals surface area contributed by atoms with Crippen LogP contribution in [-0.2, 0) is 11.3 Å². The van der Waals surface area contributed by atoms with Crippen LogP contribution in [0.5, 0.6) is 5.75 Å². The highest BCUT2D eigenvalue weighted by molar-refractivity contribution is 7.80. The number of nitrogens with one attached hydrogen (secondary N) is 1. The van der Waals surface area contributed by atoms with Gasteiger partial charge in [-0.05, 0) is 55.7 Å². The van der Waals surface area contributed by atoms with E-state index in [0.717, 1.165) is 43.0 Å². The summed E-state index contributed by atoms with van der Waals surface area (Å²) < 4.78 is 11.3. The lowest BCUT2D eigenvalue weighted by atomic mass is 10.1. The van der Waals surface area contributed by atoms with Gasteiger partial charge in [-0.3, -0.25) is 0 Å². The van der Waals surface area contributed by atoms with Gasteiger partial charge >= 0.3 is 0 Å². The standard InChI is InChI=1S/C21H26N2O2S/c1-16-7-5-9-18(13-16)22-21(26)23(15-19-10-6-12-25-19)14-17-8-3-4-11-20(17)24-2/h3-5,7-9,11,13,19H,6,10,12,14-15H2,1-2H3,(H,22,26). The molecule has 1 heterocycles. The van der Waals surface area contributed by atoms with E-state index in [4.69, 9.17) is 21.7 Å². The molecule has 1 fully saturated rings. The Morgan fingerprint density at radius 2 is 2.12 bits per heavy atom. The first-order chi connectivity index (χ1) is 12.7. The van der Waals surface area contributed by atoms with Crippen LogP contribution in [0.2, 0.25) is 0 Å². The van der Waals surface area contributed by atoms with Crippen molar-refractivity contribution in [3.63, 3.8) is 0 Å². The summed E-state index contributed by atoms with van der Waals surface area (Å²) in [6.45, 7) is 4.37. The van der Waals surface area contributed by atoms with Crippen molar-refractivity contribution in [2.75, 3.05) is 25.6 Å². The molecule has 2 aromatic rings. The number of rotatable bonds is 6. The SMILES string of the molecule is COc1ccccc1CN(CC1CCCO1)C(=S)Nc1cccc(C)c1. The van der Waals surface area contributed by atoms with Crippen LogP contribution >= 0.6 is 12.2 Å². The van der Waals surface area contributed by atoms with Crippen LogP contribution in [0.1, 0.15) is 24.0 Å². The van der Waals surface area contributed by atoms with Gasteiger partial charge in [0.25, 0.3) is 0 Å². The third-order valence-electron chi connectivity index (χ3n) is 4.56. The molecule has 2 aromatic carbocycles. The van der Waals surface area contributed by atoms with E-state index in [-0.39, 0.29) is 6.10 Å². The molecule has 0 aromatic heterocycles. The minimum absolute atomic E-state index is 0.224. The second-order valence-corrected chi connectivity index (χ2v) is 7.01. The van der Waals surface area contributed by atoms with Crippen LogP contribution in [-0.4, -0.2) is 36.4 Å². The van der Waals surface area contributed by atoms with E-state index >= 15 is 0 Å². The fourth-order valence-electron chi connectivity index (χ4n) is 3.22. The third kappa shape index (κ3) is 4.96. The number of nitrogens with zero attached hydrogens (tertiary/aromatic N) is 1. The predicted octanol–water partition coefficient (Wildman–Crippen LogP) is 4.38. The molecule has 0 aliphatic carbocycles. The van der Waals surface area contributed by atoms with Crippen molar-refractivity contribution in [2.24, 2.45) is 0 Å². The number of para-hydroxylation sites is 1. The fourth-order valence-corrected chi connectivity index (χ4v) is 3.47. The van der Waals surface area contributed by atoms with Gasteiger partial charge in [0.1, 0.15) is 5.75 Å². The average molecular weight is 371 g/mol. The molecule has 0 bridgehead atoms. The fraction of sp³-hybridized carbons (Fsp3) is 0.381. The number of hydrogen-bond donors (Lipinski definition) is 1. The normalized spacial score (nSPS) is 16.3. The predicted molar refractivity (Wildman–Crippen MR) is 110 cm³/mol. The summed E-state index contributed by atoms with van der Waals surface area (Å²) in [5, 5.41) is 4.08. The number of anilines is 1. The number of aryl methyl sites for hydroxylation is 1. The zero-order valence-electron chi connectivity index (χ0n) is 15.4. The number of ether oxygens (including phenoxy) is 2. The summed E-state index contributed by atoms with van der Waals surface area (Å²) in [5.41, 5.74) is 3.32. The summed E-state index contributed by atoms with van der Waals surface area (Å²) in [5.74, 6) is 0.878. The molecule has 138 valence electrons. The lowest BCUT2D eigenvalue weighted by Crippen LogP contribution is -2.39. The van der Waals surface area contributed by atoms with Crippen LogP contribution in [0, 0.1) is 6.92 Å². The highest BCUT2D eigenvalue weighted by atomic mass is 32.1. The van der Waals surface area contributed by atoms with Crippen LogP contribution in [0.4, 0.5) is 5.69 Å². The Kier molecular flexibility index (Phi) is 6.47. The minimum atomic E-state index is 0.224. The van der Waals surface area contributed by atoms with E-state index < -0.39 is 0 Å². The largest absolute Gasteiger partial charge is 0.496 e. The quantitative estimate of drug-likeness (QED) is 0.763. The Labute approximate surface area is 161 Å². The topological polar surface area (TPSA) is 33.7 Å². The lowest BCUT2D eigenvalue weighted by molar-refractivity contribution is 0.0903. The molecule has 0 spiro atoms. The molecule has 4 nitrogen and oxygen atoms in total. The summed E-state index contributed by atoms with van der Waals surface area (Å²) in [6.07, 6.45) is 2.42. The van der Waals surface area contributed by atoms with Crippen molar-refractivity contribution in [3.05, 3.63) is 59.7 Å². The number of benzene rings is 2. The second kappa shape index (κ2) is 9.01. The molecular weight excluding hydrogens is 344 g/mol. The molecule has 3 rings (SSSR count). The summed E-state index contributed by atoms with van der Waals surface area (Å²) in [4.78, 5) is 2.17. The Hall–Kier alpha value is -2.11. The van der Waals surface area contributed by atoms with Gasteiger partial charge < -0.3 is 19.7 Å². The highest BCUT2D eigenvalue weighted by Crippen LogP contribution is 2.22. The summed E-state index contributed by atoms with van der Waals surface area (Å²) >= 11 is 5.73. The van der Waals surface area contributed by atoms with Crippen LogP contribution in [0.25, 0.3) is 0 Å². The number of hydrogen-bond acceptors (Lipinski definition) is 3. The second-order valence-electron chi connectivity index (χ2n) is 6.63. The molecule has 1 unspecified atom stereocenters. The summed E-state index contributed by atoms with van der Waals surface area (Å²) in [6, 6.07) is 16.3. The third-order valence-corrected chi connectivity index (χ3v) is 4.92. The highest BCUT2D eigenvalue weighted by Gasteiger charge is 2.22. The zero-order chi connectivity index (χ0) is 18.4. The molecule has 0 amide bonds. The van der Waals surface area contributed by atoms with Gasteiger partial charge in [0, 0.05) is 30.9 Å². The molecule has 0 saturated carbocycles. The van der Waals surface area contributed by atoms with Gasteiger partial charge in [0.15, 0.2) is 5.11 Å². The van der Waals surface area contributed by atoms with Crippen molar-refractivity contribution >= 4 is 23.0 Å². The van der Waals surface area contributed by atoms with Gasteiger partial charge in [-0.1, -0.05) is 30.3 Å². The molecule has 1 saturated heterocycles. The first-order valence-electron chi connectivity index (χ1n) is 9.02. The minimum Gasteiger partial charge on any atom is -0.496 e. The Morgan fingerprint density at radius 1 is 1.27 bits per heavy atom. The van der Waals surface area contributed by atoms with E-state index in [1.54, 1.807) is 7.11 Å². The molecular formula is C21H26N2O2S. The lowest BCUT2D eigenvalue weighted by Gasteiger charge is -2.29. The van der Waals surface area contributed by atoms with Gasteiger partial charge in [-0.2, -0.15) is 0 Å². The van der Waals surface area contributed by atoms with E-state index in [2.05, 4.69) is 35.3 Å². The van der Waals surface area contributed by atoms with Crippen LogP contribution in [0.3, 0.4) is 0 Å². The Balaban J connectivity index is 1.76. The van der Waals surface area contributed by atoms with E-state index in [9.17, 15) is 0 Å². The monoisotopic (exact) mass is 370 g/mol. The van der Waals surface area contributed by atoms with Gasteiger partial charge in [0.05, 0.1) is 13.2 Å². The zero-order valence-corrected chi connectivity index (χ0v) is 16.2. The maximum Gasteiger partial charge on any atom is 0.173 e. The molecule has 5 heteroatoms. The first-order valence-corrected chi connectivity index (χ1v) is 9.42. The van der Waals surface area contributed by atoms with Crippen molar-refractivity contribution in [1.29, 1.82) is 0 Å². The molecule has 0 radical (unpaired) electrons. The van der Waals surface area contributed by atoms with Crippen molar-refractivity contribution < 1.29 is 9.47 Å². The number of methoxy groups -OCH3 is 1. The molecule has 1 aliphatic rings. The smallest absolute Gasteiger partial charge is 0.173 e. The van der Waals surface area contributed by atoms with E-state index in [0.29, 0.717) is 11.7 Å². The van der Waals surface area contributed by atoms with Crippen molar-refractivity contribution in [1.82, 2.24) is 4.90 Å². The average Bonchev–Trinajstić information content (AvgIpc) is 3.15. The molecule has 1 atom stereocenters. The maximum absolute atomic E-state index is 5.84. The van der Waals surface area contributed by atoms with Crippen molar-refractivity contribution in [3.8, 4) is 5.75 Å². The van der Waals surface area contributed by atoms with Crippen LogP contribution < -0.4 is 10.1 Å². The van der Waals surface area contributed by atoms with Crippen LogP contribution in [0.15, 0.2) is 48.5 Å². The molecule has 26 heavy (non-hydrogen) atoms. The van der Waals surface area contributed by atoms with Gasteiger partial charge in [-0.25, -0.2) is 0 Å². The van der Waals surface area contributed by atoms with E-state index in [1.807, 2.05) is 30.3 Å². The maximum atomic E-state index is 5.84. The van der Waals surface area contributed by atoms with Gasteiger partial charge in [-0.15, -0.1) is 0 Å². The first kappa shape index (κ1) is 18.7. The van der Waals surface area contributed by atoms with E-state index in [1.165, 1.54) is 5.56 Å². The Bertz CT molecular complexity index is 744. The Morgan fingerprint density at radius 3 is 2.85 bits per heavy atom. The van der Waals surface area contributed by atoms with Crippen molar-refractivity contribution in [2.45, 2.75) is 32.4 Å². The van der Waals surface area contributed by atoms with Gasteiger partial charge in [0.2, 0.25) is 0 Å².